The van der Waals surface area contributed by atoms with Gasteiger partial charge in [-0.1, -0.05) is 11.6 Å². The molecule has 1 N–H and O–H groups in total. The lowest BCUT2D eigenvalue weighted by Gasteiger charge is -2.17. The maximum Gasteiger partial charge on any atom is 0.261 e. The third-order valence-electron chi connectivity index (χ3n) is 3.30. The van der Waals surface area contributed by atoms with Crippen LogP contribution in [0.5, 0.6) is 0 Å². The smallest absolute Gasteiger partial charge is 0.261 e. The van der Waals surface area contributed by atoms with Crippen molar-refractivity contribution in [3.63, 3.8) is 0 Å². The summed E-state index contributed by atoms with van der Waals surface area (Å²) < 4.78 is 27.4. The van der Waals surface area contributed by atoms with Crippen molar-refractivity contribution < 1.29 is 13.5 Å². The van der Waals surface area contributed by atoms with E-state index in [0.29, 0.717) is 19.5 Å². The molecule has 1 aromatic heterocycles. The van der Waals surface area contributed by atoms with Gasteiger partial charge in [-0.3, -0.25) is 4.68 Å². The van der Waals surface area contributed by atoms with E-state index < -0.39 is 16.1 Å². The molecule has 0 saturated carbocycles. The highest BCUT2D eigenvalue weighted by Crippen LogP contribution is 2.29. The zero-order chi connectivity index (χ0) is 13.5. The van der Waals surface area contributed by atoms with E-state index in [9.17, 15) is 13.5 Å². The highest BCUT2D eigenvalue weighted by molar-refractivity contribution is 7.89. The lowest BCUT2D eigenvalue weighted by molar-refractivity contribution is 0.133. The molecule has 1 aliphatic heterocycles. The summed E-state index contributed by atoms with van der Waals surface area (Å²) in [6.07, 6.45) is 1.47. The Bertz CT molecular complexity index is 521. The van der Waals surface area contributed by atoms with Gasteiger partial charge in [-0.2, -0.15) is 9.40 Å². The standard InChI is InChI=1S/C10H16ClN3O3S/c1-7(15)8-3-4-14(6-8)18(16,17)10-9(11)5-12-13(10)2/h5,7-8,15H,3-4,6H2,1-2H3. The van der Waals surface area contributed by atoms with Crippen molar-refractivity contribution in [1.29, 1.82) is 0 Å². The van der Waals surface area contributed by atoms with Gasteiger partial charge in [0.05, 0.1) is 17.3 Å². The molecule has 1 saturated heterocycles. The van der Waals surface area contributed by atoms with Crippen LogP contribution in [0.4, 0.5) is 0 Å². The van der Waals surface area contributed by atoms with Crippen LogP contribution in [0.15, 0.2) is 11.2 Å². The van der Waals surface area contributed by atoms with Crippen LogP contribution >= 0.6 is 11.6 Å². The molecule has 1 aromatic rings. The van der Waals surface area contributed by atoms with Crippen LogP contribution in [-0.4, -0.2) is 46.8 Å². The highest BCUT2D eigenvalue weighted by atomic mass is 35.5. The zero-order valence-corrected chi connectivity index (χ0v) is 11.8. The highest BCUT2D eigenvalue weighted by Gasteiger charge is 2.37. The fourth-order valence-corrected chi connectivity index (χ4v) is 4.29. The number of aliphatic hydroxyl groups is 1. The molecule has 0 aliphatic carbocycles. The molecule has 8 heteroatoms. The van der Waals surface area contributed by atoms with E-state index in [-0.39, 0.29) is 16.0 Å². The Kier molecular flexibility index (Phi) is 3.68. The number of halogens is 1. The van der Waals surface area contributed by atoms with Crippen LogP contribution in [0.1, 0.15) is 13.3 Å². The minimum atomic E-state index is -3.63. The first-order valence-corrected chi connectivity index (χ1v) is 7.51. The van der Waals surface area contributed by atoms with Crippen LogP contribution in [0.3, 0.4) is 0 Å². The van der Waals surface area contributed by atoms with Gasteiger partial charge in [-0.25, -0.2) is 8.42 Å². The van der Waals surface area contributed by atoms with E-state index in [2.05, 4.69) is 5.10 Å². The minimum absolute atomic E-state index is 0.00964. The van der Waals surface area contributed by atoms with Gasteiger partial charge >= 0.3 is 0 Å². The van der Waals surface area contributed by atoms with Crippen molar-refractivity contribution >= 4 is 21.6 Å². The number of hydrogen-bond donors (Lipinski definition) is 1. The summed E-state index contributed by atoms with van der Waals surface area (Å²) in [6.45, 7) is 2.40. The minimum Gasteiger partial charge on any atom is -0.393 e. The topological polar surface area (TPSA) is 75.4 Å². The summed E-state index contributed by atoms with van der Waals surface area (Å²) in [6, 6.07) is 0. The molecule has 2 atom stereocenters. The molecule has 0 amide bonds. The fourth-order valence-electron chi connectivity index (χ4n) is 2.18. The average molecular weight is 294 g/mol. The summed E-state index contributed by atoms with van der Waals surface area (Å²) in [5.41, 5.74) is 0. The van der Waals surface area contributed by atoms with Gasteiger partial charge in [0, 0.05) is 20.1 Å². The first kappa shape index (κ1) is 13.8. The first-order chi connectivity index (χ1) is 8.34. The number of aromatic nitrogens is 2. The molecule has 1 aliphatic rings. The number of aryl methyl sites for hydroxylation is 1. The Hall–Kier alpha value is -0.630. The maximum absolute atomic E-state index is 12.4. The molecule has 6 nitrogen and oxygen atoms in total. The lowest BCUT2D eigenvalue weighted by atomic mass is 10.0. The second-order valence-electron chi connectivity index (χ2n) is 4.57. The number of sulfonamides is 1. The van der Waals surface area contributed by atoms with Gasteiger partial charge in [0.2, 0.25) is 0 Å². The number of hydrogen-bond acceptors (Lipinski definition) is 4. The molecule has 0 aromatic carbocycles. The van der Waals surface area contributed by atoms with E-state index in [1.165, 1.54) is 15.2 Å². The number of aliphatic hydroxyl groups excluding tert-OH is 1. The second-order valence-corrected chi connectivity index (χ2v) is 6.83. The summed E-state index contributed by atoms with van der Waals surface area (Å²) in [5, 5.41) is 13.5. The molecule has 1 fully saturated rings. The van der Waals surface area contributed by atoms with E-state index in [1.54, 1.807) is 14.0 Å². The Morgan fingerprint density at radius 2 is 2.28 bits per heavy atom. The molecule has 0 bridgehead atoms. The lowest BCUT2D eigenvalue weighted by Crippen LogP contribution is -2.32. The zero-order valence-electron chi connectivity index (χ0n) is 10.2. The van der Waals surface area contributed by atoms with Crippen LogP contribution in [0.2, 0.25) is 5.02 Å². The molecule has 2 rings (SSSR count). The Balaban J connectivity index is 2.29. The third-order valence-corrected chi connectivity index (χ3v) is 5.67. The van der Waals surface area contributed by atoms with E-state index >= 15 is 0 Å². The van der Waals surface area contributed by atoms with Crippen molar-refractivity contribution in [2.75, 3.05) is 13.1 Å². The fraction of sp³-hybridized carbons (Fsp3) is 0.700. The second kappa shape index (κ2) is 4.80. The SMILES string of the molecule is CC(O)C1CCN(S(=O)(=O)c2c(Cl)cnn2C)C1. The normalized spacial score (nSPS) is 23.4. The molecule has 2 unspecified atom stereocenters. The Labute approximate surface area is 111 Å². The molecule has 2 heterocycles. The van der Waals surface area contributed by atoms with Crippen LogP contribution in [0.25, 0.3) is 0 Å². The van der Waals surface area contributed by atoms with Gasteiger partial charge in [0.1, 0.15) is 0 Å². The van der Waals surface area contributed by atoms with Crippen LogP contribution in [-0.2, 0) is 17.1 Å². The predicted octanol–water partition coefficient (Wildman–Crippen LogP) is 0.465. The van der Waals surface area contributed by atoms with Crippen LogP contribution in [0, 0.1) is 5.92 Å². The van der Waals surface area contributed by atoms with Gasteiger partial charge in [-0.15, -0.1) is 0 Å². The van der Waals surface area contributed by atoms with Crippen molar-refractivity contribution in [2.24, 2.45) is 13.0 Å². The number of rotatable bonds is 3. The van der Waals surface area contributed by atoms with Gasteiger partial charge in [-0.05, 0) is 19.3 Å². The molecular formula is C10H16ClN3O3S. The molecule has 0 radical (unpaired) electrons. The largest absolute Gasteiger partial charge is 0.393 e. The quantitative estimate of drug-likeness (QED) is 0.879. The summed E-state index contributed by atoms with van der Waals surface area (Å²) in [5.74, 6) is -0.0215. The van der Waals surface area contributed by atoms with Crippen molar-refractivity contribution in [3.05, 3.63) is 11.2 Å². The predicted molar refractivity (Wildman–Crippen MR) is 66.8 cm³/mol. The maximum atomic E-state index is 12.4. The van der Waals surface area contributed by atoms with Crippen molar-refractivity contribution in [3.8, 4) is 0 Å². The number of nitrogens with zero attached hydrogens (tertiary/aromatic N) is 3. The van der Waals surface area contributed by atoms with Crippen molar-refractivity contribution in [2.45, 2.75) is 24.5 Å². The van der Waals surface area contributed by atoms with Gasteiger partial charge < -0.3 is 5.11 Å². The van der Waals surface area contributed by atoms with E-state index in [4.69, 9.17) is 11.6 Å². The molecule has 0 spiro atoms. The summed E-state index contributed by atoms with van der Waals surface area (Å²) >= 11 is 5.87. The van der Waals surface area contributed by atoms with Crippen LogP contribution < -0.4 is 0 Å². The molecule has 18 heavy (non-hydrogen) atoms. The summed E-state index contributed by atoms with van der Waals surface area (Å²) in [4.78, 5) is 0. The third kappa shape index (κ3) is 2.27. The first-order valence-electron chi connectivity index (χ1n) is 5.69. The summed E-state index contributed by atoms with van der Waals surface area (Å²) in [7, 11) is -2.09. The Morgan fingerprint density at radius 3 is 2.72 bits per heavy atom. The monoisotopic (exact) mass is 293 g/mol. The molecule has 102 valence electrons. The Morgan fingerprint density at radius 1 is 1.61 bits per heavy atom. The average Bonchev–Trinajstić information content (AvgIpc) is 2.85. The van der Waals surface area contributed by atoms with Gasteiger partial charge in [0.25, 0.3) is 10.0 Å². The van der Waals surface area contributed by atoms with E-state index in [1.807, 2.05) is 0 Å². The van der Waals surface area contributed by atoms with Crippen molar-refractivity contribution in [1.82, 2.24) is 14.1 Å². The van der Waals surface area contributed by atoms with E-state index in [0.717, 1.165) is 0 Å². The van der Waals surface area contributed by atoms with Gasteiger partial charge in [0.15, 0.2) is 5.03 Å². The molecular weight excluding hydrogens is 278 g/mol.